The minimum atomic E-state index is -1.16. The normalized spacial score (nSPS) is 13.4. The van der Waals surface area contributed by atoms with Gasteiger partial charge in [0.15, 0.2) is 0 Å². The summed E-state index contributed by atoms with van der Waals surface area (Å²) in [6.07, 6.45) is 10.9. The third-order valence-corrected chi connectivity index (χ3v) is 5.96. The van der Waals surface area contributed by atoms with Crippen LogP contribution < -0.4 is 5.32 Å². The predicted octanol–water partition coefficient (Wildman–Crippen LogP) is 5.60. The van der Waals surface area contributed by atoms with Crippen LogP contribution in [-0.4, -0.2) is 45.6 Å². The molecule has 0 fully saturated rings. The minimum absolute atomic E-state index is 0.287. The highest BCUT2D eigenvalue weighted by Gasteiger charge is 2.33. The summed E-state index contributed by atoms with van der Waals surface area (Å²) in [6, 6.07) is -1.02. The van der Waals surface area contributed by atoms with Crippen molar-refractivity contribution in [1.29, 1.82) is 0 Å². The number of thioether (sulfide) groups is 1. The van der Waals surface area contributed by atoms with E-state index in [0.717, 1.165) is 31.4 Å². The van der Waals surface area contributed by atoms with E-state index in [0.29, 0.717) is 5.75 Å². The zero-order valence-electron chi connectivity index (χ0n) is 20.5. The van der Waals surface area contributed by atoms with Crippen LogP contribution in [-0.2, 0) is 14.4 Å². The average Bonchev–Trinajstić information content (AvgIpc) is 2.65. The summed E-state index contributed by atoms with van der Waals surface area (Å²) < 4.78 is 0. The first-order valence-electron chi connectivity index (χ1n) is 11.1. The van der Waals surface area contributed by atoms with Crippen molar-refractivity contribution in [1.82, 2.24) is 5.32 Å². The van der Waals surface area contributed by atoms with E-state index in [9.17, 15) is 19.5 Å². The molecule has 3 N–H and O–H groups in total. The highest BCUT2D eigenvalue weighted by molar-refractivity contribution is 7.99. The molecule has 182 valence electrons. The zero-order valence-corrected chi connectivity index (χ0v) is 21.3. The Bertz CT molecular complexity index is 718. The Hall–Kier alpha value is -2.02. The molecule has 32 heavy (non-hydrogen) atoms. The Morgan fingerprint density at radius 1 is 0.938 bits per heavy atom. The third-order valence-electron chi connectivity index (χ3n) is 5.03. The molecule has 0 aliphatic heterocycles. The summed E-state index contributed by atoms with van der Waals surface area (Å²) in [5.74, 6) is -1.38. The lowest BCUT2D eigenvalue weighted by molar-refractivity contribution is -0.146. The van der Waals surface area contributed by atoms with Crippen molar-refractivity contribution in [3.05, 3.63) is 34.9 Å². The second-order valence-corrected chi connectivity index (χ2v) is 10.3. The highest BCUT2D eigenvalue weighted by atomic mass is 32.2. The van der Waals surface area contributed by atoms with Crippen molar-refractivity contribution in [3.63, 3.8) is 0 Å². The number of carboxylic acid groups (broad SMARTS) is 2. The van der Waals surface area contributed by atoms with Gasteiger partial charge in [0.2, 0.25) is 5.91 Å². The summed E-state index contributed by atoms with van der Waals surface area (Å²) in [4.78, 5) is 34.6. The van der Waals surface area contributed by atoms with E-state index in [1.165, 1.54) is 30.6 Å². The standard InChI is InChI=1S/C25H41NO5S/c1-18(2)9-7-10-19(3)11-8-12-20(4)13-15-32-16-14-21(23(29)30)26-24(31)25(5,6)17-22(27)28/h9,11,13,21H,7-8,10,12,14-17H2,1-6H3,(H,26,31)(H,27,28)(H,29,30)/b19-11+,20-13+/t21-/m0/s1. The Morgan fingerprint density at radius 2 is 1.50 bits per heavy atom. The maximum atomic E-state index is 12.3. The maximum Gasteiger partial charge on any atom is 0.326 e. The number of aliphatic carboxylic acids is 2. The second-order valence-electron chi connectivity index (χ2n) is 9.14. The van der Waals surface area contributed by atoms with Gasteiger partial charge >= 0.3 is 11.9 Å². The first-order valence-corrected chi connectivity index (χ1v) is 12.3. The molecule has 7 heteroatoms. The molecule has 0 aliphatic rings. The molecule has 0 unspecified atom stereocenters. The SMILES string of the molecule is CC(C)=CCC/C(C)=C/CC/C(C)=C/CSCC[C@H](NC(=O)C(C)(C)CC(=O)O)C(=O)O. The van der Waals surface area contributed by atoms with Crippen LogP contribution in [0.1, 0.15) is 80.1 Å². The van der Waals surface area contributed by atoms with Crippen molar-refractivity contribution in [3.8, 4) is 0 Å². The summed E-state index contributed by atoms with van der Waals surface area (Å²) in [5, 5.41) is 20.8. The quantitative estimate of drug-likeness (QED) is 0.202. The maximum absolute atomic E-state index is 12.3. The molecule has 0 spiro atoms. The smallest absolute Gasteiger partial charge is 0.326 e. The number of rotatable bonds is 16. The van der Waals surface area contributed by atoms with Crippen LogP contribution in [0.15, 0.2) is 34.9 Å². The van der Waals surface area contributed by atoms with Gasteiger partial charge in [-0.25, -0.2) is 4.79 Å². The molecule has 0 aromatic heterocycles. The lowest BCUT2D eigenvalue weighted by atomic mass is 9.88. The molecule has 0 saturated carbocycles. The fraction of sp³-hybridized carbons (Fsp3) is 0.640. The lowest BCUT2D eigenvalue weighted by Crippen LogP contribution is -2.47. The average molecular weight is 468 g/mol. The number of amides is 1. The third kappa shape index (κ3) is 14.9. The molecular weight excluding hydrogens is 426 g/mol. The molecule has 0 aromatic carbocycles. The molecule has 0 heterocycles. The number of nitrogens with one attached hydrogen (secondary N) is 1. The minimum Gasteiger partial charge on any atom is -0.481 e. The van der Waals surface area contributed by atoms with Crippen molar-refractivity contribution in [2.24, 2.45) is 5.41 Å². The van der Waals surface area contributed by atoms with E-state index in [1.54, 1.807) is 11.8 Å². The molecule has 0 saturated heterocycles. The molecule has 6 nitrogen and oxygen atoms in total. The van der Waals surface area contributed by atoms with Gasteiger partial charge in [0.25, 0.3) is 0 Å². The van der Waals surface area contributed by atoms with E-state index in [1.807, 2.05) is 0 Å². The van der Waals surface area contributed by atoms with Crippen LogP contribution in [0, 0.1) is 5.41 Å². The van der Waals surface area contributed by atoms with E-state index >= 15 is 0 Å². The van der Waals surface area contributed by atoms with Gasteiger partial charge in [-0.2, -0.15) is 11.8 Å². The fourth-order valence-corrected chi connectivity index (χ4v) is 3.87. The van der Waals surface area contributed by atoms with Gasteiger partial charge < -0.3 is 15.5 Å². The molecule has 0 rings (SSSR count). The van der Waals surface area contributed by atoms with E-state index < -0.39 is 29.3 Å². The van der Waals surface area contributed by atoms with Gasteiger partial charge in [-0.05, 0) is 65.6 Å². The Kier molecular flexibility index (Phi) is 14.7. The fourth-order valence-electron chi connectivity index (χ4n) is 2.89. The van der Waals surface area contributed by atoms with Gasteiger partial charge in [-0.15, -0.1) is 0 Å². The predicted molar refractivity (Wildman–Crippen MR) is 133 cm³/mol. The first-order chi connectivity index (χ1) is 14.8. The number of carboxylic acids is 2. The van der Waals surface area contributed by atoms with E-state index in [-0.39, 0.29) is 12.8 Å². The summed E-state index contributed by atoms with van der Waals surface area (Å²) >= 11 is 1.62. The lowest BCUT2D eigenvalue weighted by Gasteiger charge is -2.24. The van der Waals surface area contributed by atoms with E-state index in [2.05, 4.69) is 51.2 Å². The number of hydrogen-bond acceptors (Lipinski definition) is 4. The van der Waals surface area contributed by atoms with Gasteiger partial charge in [0.1, 0.15) is 6.04 Å². The Balaban J connectivity index is 4.34. The second kappa shape index (κ2) is 15.7. The number of hydrogen-bond donors (Lipinski definition) is 3. The van der Waals surface area contributed by atoms with Gasteiger partial charge in [0.05, 0.1) is 11.8 Å². The Labute approximate surface area is 197 Å². The van der Waals surface area contributed by atoms with Crippen molar-refractivity contribution in [2.45, 2.75) is 86.1 Å². The van der Waals surface area contributed by atoms with Crippen molar-refractivity contribution >= 4 is 29.6 Å². The van der Waals surface area contributed by atoms with Crippen molar-refractivity contribution < 1.29 is 24.6 Å². The number of carbonyl (C=O) groups is 3. The molecule has 0 aromatic rings. The summed E-state index contributed by atoms with van der Waals surface area (Å²) in [5.41, 5.74) is 2.92. The topological polar surface area (TPSA) is 104 Å². The summed E-state index contributed by atoms with van der Waals surface area (Å²) in [7, 11) is 0. The molecular formula is C25H41NO5S. The largest absolute Gasteiger partial charge is 0.481 e. The number of allylic oxidation sites excluding steroid dienone is 5. The first kappa shape index (κ1) is 30.0. The van der Waals surface area contributed by atoms with Gasteiger partial charge in [-0.3, -0.25) is 9.59 Å². The van der Waals surface area contributed by atoms with Crippen LogP contribution in [0.4, 0.5) is 0 Å². The van der Waals surface area contributed by atoms with Crippen LogP contribution in [0.5, 0.6) is 0 Å². The van der Waals surface area contributed by atoms with Crippen LogP contribution in [0.25, 0.3) is 0 Å². The van der Waals surface area contributed by atoms with Crippen LogP contribution in [0.3, 0.4) is 0 Å². The highest BCUT2D eigenvalue weighted by Crippen LogP contribution is 2.21. The monoisotopic (exact) mass is 467 g/mol. The van der Waals surface area contributed by atoms with E-state index in [4.69, 9.17) is 5.11 Å². The molecule has 0 bridgehead atoms. The summed E-state index contributed by atoms with van der Waals surface area (Å²) in [6.45, 7) is 11.5. The van der Waals surface area contributed by atoms with Gasteiger partial charge in [-0.1, -0.05) is 48.8 Å². The molecule has 1 amide bonds. The Morgan fingerprint density at radius 3 is 2.03 bits per heavy atom. The molecule has 0 radical (unpaired) electrons. The van der Waals surface area contributed by atoms with Crippen molar-refractivity contribution in [2.75, 3.05) is 11.5 Å². The molecule has 1 atom stereocenters. The van der Waals surface area contributed by atoms with Crippen LogP contribution >= 0.6 is 11.8 Å². The molecule has 0 aliphatic carbocycles. The number of carbonyl (C=O) groups excluding carboxylic acids is 1. The zero-order chi connectivity index (χ0) is 24.7. The van der Waals surface area contributed by atoms with Crippen LogP contribution in [0.2, 0.25) is 0 Å². The van der Waals surface area contributed by atoms with Gasteiger partial charge in [0, 0.05) is 5.75 Å².